The number of rotatable bonds is 1. The number of fused-ring (bicyclic) bond motifs is 1. The van der Waals surface area contributed by atoms with Crippen molar-refractivity contribution in [1.82, 2.24) is 4.98 Å². The third-order valence-corrected chi connectivity index (χ3v) is 4.18. The van der Waals surface area contributed by atoms with Crippen LogP contribution in [0.15, 0.2) is 36.4 Å². The molecule has 3 rings (SSSR count). The van der Waals surface area contributed by atoms with E-state index in [9.17, 15) is 18.0 Å². The Hall–Kier alpha value is -1.77. The molecule has 2 heterocycles. The van der Waals surface area contributed by atoms with Gasteiger partial charge in [-0.1, -0.05) is 23.7 Å². The van der Waals surface area contributed by atoms with Gasteiger partial charge in [0.2, 0.25) is 0 Å². The van der Waals surface area contributed by atoms with Gasteiger partial charge in [0.15, 0.2) is 5.78 Å². The van der Waals surface area contributed by atoms with Crippen LogP contribution in [0.4, 0.5) is 24.7 Å². The summed E-state index contributed by atoms with van der Waals surface area (Å²) in [7, 11) is 0. The molecule has 0 spiro atoms. The number of pyridine rings is 1. The van der Waals surface area contributed by atoms with Gasteiger partial charge >= 0.3 is 6.18 Å². The summed E-state index contributed by atoms with van der Waals surface area (Å²) in [6.07, 6.45) is -4.53. The first-order valence-corrected chi connectivity index (χ1v) is 7.52. The topological polar surface area (TPSA) is 59.2 Å². The predicted octanol–water partition coefficient (Wildman–Crippen LogP) is 3.46. The van der Waals surface area contributed by atoms with Crippen molar-refractivity contribution in [2.45, 2.75) is 18.6 Å². The maximum Gasteiger partial charge on any atom is 0.433 e. The molecule has 0 aliphatic carbocycles. The van der Waals surface area contributed by atoms with E-state index in [4.69, 9.17) is 17.3 Å². The van der Waals surface area contributed by atoms with Gasteiger partial charge in [0.25, 0.3) is 0 Å². The van der Waals surface area contributed by atoms with Crippen molar-refractivity contribution in [1.29, 1.82) is 0 Å². The van der Waals surface area contributed by atoms with E-state index in [1.54, 1.807) is 18.2 Å². The Morgan fingerprint density at radius 3 is 2.56 bits per heavy atom. The van der Waals surface area contributed by atoms with Crippen molar-refractivity contribution in [3.05, 3.63) is 52.7 Å². The summed E-state index contributed by atoms with van der Waals surface area (Å²) in [5.74, 6) is -0.155. The monoisotopic (exact) mass is 389 g/mol. The SMILES string of the molecule is N[C@H]1CN(c2cccc(C(F)(F)F)n2)c2cccc(Cl)c2CC1=O.S. The van der Waals surface area contributed by atoms with Crippen molar-refractivity contribution in [3.8, 4) is 0 Å². The number of hydrogen-bond acceptors (Lipinski definition) is 4. The molecule has 0 amide bonds. The molecule has 1 atom stereocenters. The molecule has 4 nitrogen and oxygen atoms in total. The van der Waals surface area contributed by atoms with Gasteiger partial charge < -0.3 is 10.6 Å². The molecule has 134 valence electrons. The molecule has 0 fully saturated rings. The molecule has 1 aliphatic heterocycles. The number of ketones is 1. The van der Waals surface area contributed by atoms with Crippen LogP contribution in [-0.4, -0.2) is 23.4 Å². The molecule has 1 aromatic carbocycles. The number of carbonyl (C=O) groups excluding carboxylic acids is 1. The fourth-order valence-electron chi connectivity index (χ4n) is 2.63. The van der Waals surface area contributed by atoms with E-state index >= 15 is 0 Å². The van der Waals surface area contributed by atoms with Crippen molar-refractivity contribution < 1.29 is 18.0 Å². The van der Waals surface area contributed by atoms with Gasteiger partial charge in [0.1, 0.15) is 11.5 Å². The molecule has 25 heavy (non-hydrogen) atoms. The number of halogens is 4. The fourth-order valence-corrected chi connectivity index (χ4v) is 2.86. The summed E-state index contributed by atoms with van der Waals surface area (Å²) >= 11 is 6.16. The van der Waals surface area contributed by atoms with Gasteiger partial charge in [0, 0.05) is 29.2 Å². The van der Waals surface area contributed by atoms with Gasteiger partial charge in [-0.25, -0.2) is 4.98 Å². The molecule has 0 bridgehead atoms. The lowest BCUT2D eigenvalue weighted by Gasteiger charge is -2.26. The second kappa shape index (κ2) is 7.23. The summed E-state index contributed by atoms with van der Waals surface area (Å²) in [6, 6.07) is 7.76. The molecular weight excluding hydrogens is 375 g/mol. The summed E-state index contributed by atoms with van der Waals surface area (Å²) in [4.78, 5) is 17.3. The average Bonchev–Trinajstić information content (AvgIpc) is 2.65. The van der Waals surface area contributed by atoms with Crippen LogP contribution in [0.25, 0.3) is 0 Å². The van der Waals surface area contributed by atoms with E-state index in [1.807, 2.05) is 0 Å². The number of Topliss-reactive ketones (excluding diaryl/α,β-unsaturated/α-hetero) is 1. The highest BCUT2D eigenvalue weighted by Gasteiger charge is 2.34. The van der Waals surface area contributed by atoms with Crippen molar-refractivity contribution >= 4 is 42.4 Å². The van der Waals surface area contributed by atoms with Crippen LogP contribution in [0.3, 0.4) is 0 Å². The normalized spacial score (nSPS) is 17.6. The number of hydrogen-bond donors (Lipinski definition) is 1. The molecule has 0 unspecified atom stereocenters. The number of benzene rings is 1. The average molecular weight is 390 g/mol. The summed E-state index contributed by atoms with van der Waals surface area (Å²) in [5.41, 5.74) is 5.94. The second-order valence-electron chi connectivity index (χ2n) is 5.48. The Kier molecular flexibility index (Phi) is 5.65. The second-order valence-corrected chi connectivity index (χ2v) is 5.88. The first-order valence-electron chi connectivity index (χ1n) is 7.15. The van der Waals surface area contributed by atoms with Gasteiger partial charge in [-0.3, -0.25) is 4.79 Å². The predicted molar refractivity (Wildman–Crippen MR) is 94.8 cm³/mol. The van der Waals surface area contributed by atoms with E-state index in [0.717, 1.165) is 6.07 Å². The van der Waals surface area contributed by atoms with Crippen molar-refractivity contribution in [2.75, 3.05) is 11.4 Å². The number of anilines is 2. The van der Waals surface area contributed by atoms with E-state index in [2.05, 4.69) is 4.98 Å². The third-order valence-electron chi connectivity index (χ3n) is 3.83. The van der Waals surface area contributed by atoms with Crippen LogP contribution in [0, 0.1) is 0 Å². The maximum atomic E-state index is 12.9. The zero-order chi connectivity index (χ0) is 17.5. The lowest BCUT2D eigenvalue weighted by molar-refractivity contribution is -0.141. The molecule has 0 saturated carbocycles. The fraction of sp³-hybridized carbons (Fsp3) is 0.250. The zero-order valence-corrected chi connectivity index (χ0v) is 14.6. The van der Waals surface area contributed by atoms with Crippen molar-refractivity contribution in [3.63, 3.8) is 0 Å². The molecule has 1 aromatic heterocycles. The standard InChI is InChI=1S/C16H13ClF3N3O.H2S/c17-10-3-1-4-12-9(10)7-13(24)11(21)8-23(12)15-6-2-5-14(22-15)16(18,19)20;/h1-6,11H,7-8,21H2;1H2/t11-;/m0./s1. The van der Waals surface area contributed by atoms with E-state index in [0.29, 0.717) is 16.3 Å². The highest BCUT2D eigenvalue weighted by Crippen LogP contribution is 2.36. The molecule has 0 radical (unpaired) electrons. The van der Waals surface area contributed by atoms with Crippen LogP contribution in [0.2, 0.25) is 5.02 Å². The summed E-state index contributed by atoms with van der Waals surface area (Å²) in [6.45, 7) is 0.0283. The van der Waals surface area contributed by atoms with Crippen LogP contribution >= 0.6 is 25.1 Å². The van der Waals surface area contributed by atoms with Crippen LogP contribution in [0.1, 0.15) is 11.3 Å². The van der Waals surface area contributed by atoms with E-state index in [-0.39, 0.29) is 38.1 Å². The molecule has 9 heteroatoms. The first-order chi connectivity index (χ1) is 11.3. The maximum absolute atomic E-state index is 12.9. The minimum atomic E-state index is -4.56. The minimum absolute atomic E-state index is 0. The molecule has 2 N–H and O–H groups in total. The zero-order valence-electron chi connectivity index (χ0n) is 12.8. The minimum Gasteiger partial charge on any atom is -0.324 e. The van der Waals surface area contributed by atoms with Crippen molar-refractivity contribution in [2.24, 2.45) is 5.73 Å². The lowest BCUT2D eigenvalue weighted by Crippen LogP contribution is -2.40. The summed E-state index contributed by atoms with van der Waals surface area (Å²) < 4.78 is 38.8. The molecule has 2 aromatic rings. The smallest absolute Gasteiger partial charge is 0.324 e. The highest BCUT2D eigenvalue weighted by atomic mass is 35.5. The first kappa shape index (κ1) is 19.6. The Labute approximate surface area is 154 Å². The number of carbonyl (C=O) groups is 1. The number of nitrogens with two attached hydrogens (primary N) is 1. The molecule has 0 saturated heterocycles. The van der Waals surface area contributed by atoms with Gasteiger partial charge in [-0.05, 0) is 24.3 Å². The molecular formula is C16H15ClF3N3OS. The quantitative estimate of drug-likeness (QED) is 0.811. The Balaban J connectivity index is 0.00000225. The number of alkyl halides is 3. The highest BCUT2D eigenvalue weighted by molar-refractivity contribution is 7.59. The summed E-state index contributed by atoms with van der Waals surface area (Å²) in [5, 5.41) is 0.368. The largest absolute Gasteiger partial charge is 0.433 e. The van der Waals surface area contributed by atoms with Gasteiger partial charge in [-0.15, -0.1) is 0 Å². The lowest BCUT2D eigenvalue weighted by atomic mass is 10.1. The Bertz CT molecular complexity index is 800. The Morgan fingerprint density at radius 1 is 1.20 bits per heavy atom. The van der Waals surface area contributed by atoms with Gasteiger partial charge in [-0.2, -0.15) is 26.7 Å². The number of aromatic nitrogens is 1. The van der Waals surface area contributed by atoms with E-state index < -0.39 is 17.9 Å². The van der Waals surface area contributed by atoms with Crippen LogP contribution < -0.4 is 10.6 Å². The molecule has 1 aliphatic rings. The van der Waals surface area contributed by atoms with Crippen LogP contribution in [0.5, 0.6) is 0 Å². The third kappa shape index (κ3) is 3.91. The Morgan fingerprint density at radius 2 is 1.88 bits per heavy atom. The van der Waals surface area contributed by atoms with Gasteiger partial charge in [0.05, 0.1) is 6.04 Å². The van der Waals surface area contributed by atoms with Crippen LogP contribution in [-0.2, 0) is 17.4 Å². The van der Waals surface area contributed by atoms with E-state index in [1.165, 1.54) is 17.0 Å². The number of nitrogens with zero attached hydrogens (tertiary/aromatic N) is 2.